The summed E-state index contributed by atoms with van der Waals surface area (Å²) in [5, 5.41) is 9.67. The number of hydrogen-bond donors (Lipinski definition) is 1. The molecule has 0 amide bonds. The Hall–Kier alpha value is -2.54. The highest BCUT2D eigenvalue weighted by Gasteiger charge is 2.31. The van der Waals surface area contributed by atoms with Crippen molar-refractivity contribution >= 4 is 0 Å². The highest BCUT2D eigenvalue weighted by molar-refractivity contribution is 5.46. The van der Waals surface area contributed by atoms with Crippen LogP contribution >= 0.6 is 0 Å². The molecule has 0 radical (unpaired) electrons. The van der Waals surface area contributed by atoms with E-state index >= 15 is 0 Å². The van der Waals surface area contributed by atoms with Crippen LogP contribution in [-0.4, -0.2) is 5.11 Å². The van der Waals surface area contributed by atoms with Crippen molar-refractivity contribution < 1.29 is 5.11 Å². The molecule has 0 aliphatic heterocycles. The summed E-state index contributed by atoms with van der Waals surface area (Å²) in [5.74, 6) is 1.15. The Balaban J connectivity index is 1.86. The van der Waals surface area contributed by atoms with Crippen LogP contribution in [0.4, 0.5) is 0 Å². The number of fused-ring (bicyclic) bond motifs is 1. The first-order valence-electron chi connectivity index (χ1n) is 8.65. The van der Waals surface area contributed by atoms with Crippen LogP contribution in [0, 0.1) is 6.92 Å². The van der Waals surface area contributed by atoms with E-state index in [1.807, 2.05) is 0 Å². The van der Waals surface area contributed by atoms with E-state index in [2.05, 4.69) is 67.6 Å². The van der Waals surface area contributed by atoms with E-state index in [9.17, 15) is 5.11 Å². The van der Waals surface area contributed by atoms with E-state index < -0.39 is 0 Å². The molecule has 3 aromatic rings. The third kappa shape index (κ3) is 2.71. The first-order valence-corrected chi connectivity index (χ1v) is 8.65. The van der Waals surface area contributed by atoms with Gasteiger partial charge in [0.25, 0.3) is 0 Å². The minimum absolute atomic E-state index is 0.329. The first kappa shape index (κ1) is 15.0. The summed E-state index contributed by atoms with van der Waals surface area (Å²) in [6.45, 7) is 2.17. The van der Waals surface area contributed by atoms with Crippen LogP contribution in [-0.2, 0) is 6.42 Å². The molecule has 24 heavy (non-hydrogen) atoms. The van der Waals surface area contributed by atoms with Gasteiger partial charge < -0.3 is 5.11 Å². The molecule has 1 heteroatoms. The van der Waals surface area contributed by atoms with Gasteiger partial charge in [0, 0.05) is 5.92 Å². The minimum Gasteiger partial charge on any atom is -0.508 e. The molecule has 3 aromatic carbocycles. The SMILES string of the molecule is Cc1ccc2c(c1)CCC(c1ccccc1)C2c1ccc(O)cc1. The molecule has 4 rings (SSSR count). The summed E-state index contributed by atoms with van der Waals surface area (Å²) in [4.78, 5) is 0. The van der Waals surface area contributed by atoms with Gasteiger partial charge in [0.1, 0.15) is 5.75 Å². The van der Waals surface area contributed by atoms with Gasteiger partial charge in [0.15, 0.2) is 0 Å². The molecule has 1 aliphatic rings. The number of hydrogen-bond acceptors (Lipinski definition) is 1. The molecule has 0 saturated heterocycles. The highest BCUT2D eigenvalue weighted by atomic mass is 16.3. The van der Waals surface area contributed by atoms with Crippen molar-refractivity contribution in [3.05, 3.63) is 101 Å². The van der Waals surface area contributed by atoms with Gasteiger partial charge >= 0.3 is 0 Å². The lowest BCUT2D eigenvalue weighted by Gasteiger charge is -2.35. The number of rotatable bonds is 2. The molecule has 0 saturated carbocycles. The van der Waals surface area contributed by atoms with Crippen LogP contribution in [0.1, 0.15) is 46.1 Å². The van der Waals surface area contributed by atoms with Crippen LogP contribution in [0.2, 0.25) is 0 Å². The third-order valence-electron chi connectivity index (χ3n) is 5.24. The zero-order valence-electron chi connectivity index (χ0n) is 13.9. The monoisotopic (exact) mass is 314 g/mol. The topological polar surface area (TPSA) is 20.2 Å². The summed E-state index contributed by atoms with van der Waals surface area (Å²) in [6.07, 6.45) is 2.29. The van der Waals surface area contributed by atoms with E-state index in [0.717, 1.165) is 12.8 Å². The fraction of sp³-hybridized carbons (Fsp3) is 0.217. The van der Waals surface area contributed by atoms with Crippen molar-refractivity contribution in [3.63, 3.8) is 0 Å². The van der Waals surface area contributed by atoms with Crippen molar-refractivity contribution in [3.8, 4) is 5.75 Å². The Bertz CT molecular complexity index is 834. The smallest absolute Gasteiger partial charge is 0.115 e. The predicted octanol–water partition coefficient (Wildman–Crippen LogP) is 5.56. The molecule has 0 fully saturated rings. The molecule has 1 aliphatic carbocycles. The van der Waals surface area contributed by atoms with Gasteiger partial charge in [-0.05, 0) is 60.1 Å². The van der Waals surface area contributed by atoms with Crippen LogP contribution in [0.25, 0.3) is 0 Å². The van der Waals surface area contributed by atoms with Gasteiger partial charge in [-0.1, -0.05) is 66.2 Å². The van der Waals surface area contributed by atoms with Gasteiger partial charge in [-0.3, -0.25) is 0 Å². The summed E-state index contributed by atoms with van der Waals surface area (Å²) in [5.41, 5.74) is 6.93. The third-order valence-corrected chi connectivity index (χ3v) is 5.24. The average Bonchev–Trinajstić information content (AvgIpc) is 2.62. The van der Waals surface area contributed by atoms with Crippen molar-refractivity contribution in [1.82, 2.24) is 0 Å². The zero-order valence-corrected chi connectivity index (χ0v) is 13.9. The van der Waals surface area contributed by atoms with Crippen LogP contribution < -0.4 is 0 Å². The van der Waals surface area contributed by atoms with E-state index in [0.29, 0.717) is 17.6 Å². The normalized spacial score (nSPS) is 19.7. The number of phenolic OH excluding ortho intramolecular Hbond substituents is 1. The Kier molecular flexibility index (Phi) is 3.86. The maximum atomic E-state index is 9.67. The highest BCUT2D eigenvalue weighted by Crippen LogP contribution is 2.46. The first-order chi connectivity index (χ1) is 11.7. The minimum atomic E-state index is 0.329. The molecule has 120 valence electrons. The van der Waals surface area contributed by atoms with Crippen molar-refractivity contribution in [1.29, 1.82) is 0 Å². The lowest BCUT2D eigenvalue weighted by Crippen LogP contribution is -2.20. The summed E-state index contributed by atoms with van der Waals surface area (Å²) >= 11 is 0. The average molecular weight is 314 g/mol. The molecule has 0 bridgehead atoms. The maximum Gasteiger partial charge on any atom is 0.115 e. The molecule has 1 N–H and O–H groups in total. The second-order valence-corrected chi connectivity index (χ2v) is 6.83. The van der Waals surface area contributed by atoms with E-state index in [1.54, 1.807) is 12.1 Å². The van der Waals surface area contributed by atoms with Gasteiger partial charge in [-0.25, -0.2) is 0 Å². The van der Waals surface area contributed by atoms with E-state index in [4.69, 9.17) is 0 Å². The standard InChI is InChI=1S/C23H22O/c1-16-7-13-22-19(15-16)10-14-21(17-5-3-2-4-6-17)23(22)18-8-11-20(24)12-9-18/h2-9,11-13,15,21,23-24H,10,14H2,1H3. The lowest BCUT2D eigenvalue weighted by molar-refractivity contribution is 0.474. The number of phenols is 1. The van der Waals surface area contributed by atoms with Crippen molar-refractivity contribution in [2.45, 2.75) is 31.6 Å². The molecule has 0 spiro atoms. The van der Waals surface area contributed by atoms with Crippen LogP contribution in [0.5, 0.6) is 5.75 Å². The van der Waals surface area contributed by atoms with Crippen LogP contribution in [0.15, 0.2) is 72.8 Å². The molecular weight excluding hydrogens is 292 g/mol. The van der Waals surface area contributed by atoms with Crippen molar-refractivity contribution in [2.75, 3.05) is 0 Å². The predicted molar refractivity (Wildman–Crippen MR) is 98.6 cm³/mol. The van der Waals surface area contributed by atoms with Gasteiger partial charge in [-0.15, -0.1) is 0 Å². The van der Waals surface area contributed by atoms with Gasteiger partial charge in [-0.2, -0.15) is 0 Å². The zero-order chi connectivity index (χ0) is 16.5. The number of aromatic hydroxyl groups is 1. The van der Waals surface area contributed by atoms with E-state index in [-0.39, 0.29) is 0 Å². The summed E-state index contributed by atoms with van der Waals surface area (Å²) < 4.78 is 0. The Labute approximate surface area is 143 Å². The molecular formula is C23H22O. The van der Waals surface area contributed by atoms with E-state index in [1.165, 1.54) is 27.8 Å². The summed E-state index contributed by atoms with van der Waals surface area (Å²) in [7, 11) is 0. The number of aryl methyl sites for hydroxylation is 2. The Morgan fingerprint density at radius 3 is 2.33 bits per heavy atom. The van der Waals surface area contributed by atoms with Crippen molar-refractivity contribution in [2.24, 2.45) is 0 Å². The fourth-order valence-electron chi connectivity index (χ4n) is 4.10. The van der Waals surface area contributed by atoms with Gasteiger partial charge in [0.2, 0.25) is 0 Å². The molecule has 1 nitrogen and oxygen atoms in total. The largest absolute Gasteiger partial charge is 0.508 e. The van der Waals surface area contributed by atoms with Crippen LogP contribution in [0.3, 0.4) is 0 Å². The Morgan fingerprint density at radius 1 is 0.833 bits per heavy atom. The lowest BCUT2D eigenvalue weighted by atomic mass is 9.69. The Morgan fingerprint density at radius 2 is 1.58 bits per heavy atom. The molecule has 2 unspecified atom stereocenters. The quantitative estimate of drug-likeness (QED) is 0.656. The fourth-order valence-corrected chi connectivity index (χ4v) is 4.10. The molecule has 2 atom stereocenters. The molecule has 0 aromatic heterocycles. The maximum absolute atomic E-state index is 9.67. The van der Waals surface area contributed by atoms with Gasteiger partial charge in [0.05, 0.1) is 0 Å². The second-order valence-electron chi connectivity index (χ2n) is 6.83. The number of benzene rings is 3. The molecule has 0 heterocycles. The summed E-state index contributed by atoms with van der Waals surface area (Å²) in [6, 6.07) is 25.5. The second kappa shape index (κ2) is 6.16.